The molecule has 8 heteroatoms. The molecule has 2 N–H and O–H groups in total. The summed E-state index contributed by atoms with van der Waals surface area (Å²) in [5, 5.41) is 6.10. The van der Waals surface area contributed by atoms with Crippen LogP contribution in [0.2, 0.25) is 5.02 Å². The van der Waals surface area contributed by atoms with Gasteiger partial charge in [-0.15, -0.1) is 0 Å². The predicted molar refractivity (Wildman–Crippen MR) is 159 cm³/mol. The molecule has 0 radical (unpaired) electrons. The van der Waals surface area contributed by atoms with Crippen LogP contribution in [0.25, 0.3) is 0 Å². The number of carbonyl (C=O) groups is 3. The van der Waals surface area contributed by atoms with Crippen molar-refractivity contribution in [2.45, 2.75) is 65.6 Å². The van der Waals surface area contributed by atoms with Crippen molar-refractivity contribution < 1.29 is 19.1 Å². The van der Waals surface area contributed by atoms with Gasteiger partial charge in [-0.1, -0.05) is 83.9 Å². The summed E-state index contributed by atoms with van der Waals surface area (Å²) < 4.78 is 5.47. The zero-order valence-corrected chi connectivity index (χ0v) is 24.7. The van der Waals surface area contributed by atoms with Crippen LogP contribution in [0.3, 0.4) is 0 Å². The maximum atomic E-state index is 14.2. The fourth-order valence-electron chi connectivity index (χ4n) is 4.37. The zero-order valence-electron chi connectivity index (χ0n) is 24.0. The minimum absolute atomic E-state index is 0.216. The highest BCUT2D eigenvalue weighted by molar-refractivity contribution is 6.34. The van der Waals surface area contributed by atoms with Crippen molar-refractivity contribution in [1.82, 2.24) is 10.2 Å². The van der Waals surface area contributed by atoms with E-state index in [4.69, 9.17) is 16.3 Å². The molecule has 3 aromatic carbocycles. The topological polar surface area (TPSA) is 87.7 Å². The molecule has 3 amide bonds. The summed E-state index contributed by atoms with van der Waals surface area (Å²) in [4.78, 5) is 42.4. The van der Waals surface area contributed by atoms with Crippen LogP contribution in [0.4, 0.5) is 10.5 Å². The molecule has 7 nitrogen and oxygen atoms in total. The highest BCUT2D eigenvalue weighted by Gasteiger charge is 2.36. The third-order valence-corrected chi connectivity index (χ3v) is 6.63. The van der Waals surface area contributed by atoms with Gasteiger partial charge in [0.05, 0.1) is 10.7 Å². The van der Waals surface area contributed by atoms with Gasteiger partial charge in [-0.2, -0.15) is 0 Å². The monoisotopic (exact) mass is 563 g/mol. The number of halogens is 1. The third-order valence-electron chi connectivity index (χ3n) is 6.32. The van der Waals surface area contributed by atoms with E-state index in [1.165, 1.54) is 4.90 Å². The molecule has 2 atom stereocenters. The third kappa shape index (κ3) is 8.33. The van der Waals surface area contributed by atoms with E-state index >= 15 is 0 Å². The lowest BCUT2D eigenvalue weighted by Crippen LogP contribution is -2.53. The van der Waals surface area contributed by atoms with Gasteiger partial charge >= 0.3 is 6.09 Å². The van der Waals surface area contributed by atoms with E-state index in [1.807, 2.05) is 80.6 Å². The Balaban J connectivity index is 2.02. The largest absolute Gasteiger partial charge is 0.444 e. The van der Waals surface area contributed by atoms with Crippen molar-refractivity contribution in [1.29, 1.82) is 0 Å². The standard InChI is InChI=1S/C32H38ClN3O4/c1-7-36(30(38)26(20-23-13-9-8-10-14-23)34-31(39)40-32(4,5)6)28(24-18-16-21(2)17-19-24)29(37)35-27-22(3)12-11-15-25(27)33/h8-19,26,28H,7,20H2,1-6H3,(H,34,39)(H,35,37). The minimum Gasteiger partial charge on any atom is -0.444 e. The summed E-state index contributed by atoms with van der Waals surface area (Å²) in [5.74, 6) is -0.820. The van der Waals surface area contributed by atoms with Crippen molar-refractivity contribution in [3.63, 3.8) is 0 Å². The number of alkyl carbamates (subject to hydrolysis) is 1. The van der Waals surface area contributed by atoms with Crippen LogP contribution in [-0.2, 0) is 20.7 Å². The Bertz CT molecular complexity index is 1300. The van der Waals surface area contributed by atoms with E-state index in [0.29, 0.717) is 16.3 Å². The average molecular weight is 564 g/mol. The molecular weight excluding hydrogens is 526 g/mol. The Labute approximate surface area is 241 Å². The number of ether oxygens (including phenoxy) is 1. The molecule has 0 aliphatic rings. The van der Waals surface area contributed by atoms with Gasteiger partial charge in [-0.05, 0) is 64.3 Å². The Morgan fingerprint density at radius 2 is 1.57 bits per heavy atom. The van der Waals surface area contributed by atoms with Crippen LogP contribution < -0.4 is 10.6 Å². The Morgan fingerprint density at radius 3 is 2.15 bits per heavy atom. The number of aryl methyl sites for hydroxylation is 2. The van der Waals surface area contributed by atoms with Gasteiger partial charge < -0.3 is 20.3 Å². The Kier molecular flexibility index (Phi) is 10.3. The molecule has 0 spiro atoms. The van der Waals surface area contributed by atoms with Crippen LogP contribution in [0.1, 0.15) is 56.0 Å². The van der Waals surface area contributed by atoms with E-state index in [1.54, 1.807) is 33.8 Å². The lowest BCUT2D eigenvalue weighted by molar-refractivity contribution is -0.140. The second-order valence-electron chi connectivity index (χ2n) is 10.7. The summed E-state index contributed by atoms with van der Waals surface area (Å²) in [5.41, 5.74) is 3.06. The molecule has 0 aliphatic carbocycles. The summed E-state index contributed by atoms with van der Waals surface area (Å²) >= 11 is 6.42. The number of carbonyl (C=O) groups excluding carboxylic acids is 3. The van der Waals surface area contributed by atoms with E-state index in [2.05, 4.69) is 10.6 Å². The van der Waals surface area contributed by atoms with Gasteiger partial charge in [-0.3, -0.25) is 9.59 Å². The number of anilines is 1. The first-order valence-electron chi connectivity index (χ1n) is 13.4. The van der Waals surface area contributed by atoms with Crippen LogP contribution in [0.15, 0.2) is 72.8 Å². The molecule has 0 bridgehead atoms. The number of likely N-dealkylation sites (N-methyl/N-ethyl adjacent to an activating group) is 1. The van der Waals surface area contributed by atoms with Crippen LogP contribution in [-0.4, -0.2) is 41.0 Å². The summed E-state index contributed by atoms with van der Waals surface area (Å²) in [6.07, 6.45) is -0.484. The second kappa shape index (κ2) is 13.5. The van der Waals surface area contributed by atoms with Crippen molar-refractivity contribution >= 4 is 35.2 Å². The van der Waals surface area contributed by atoms with Gasteiger partial charge in [0.15, 0.2) is 0 Å². The Morgan fingerprint density at radius 1 is 0.925 bits per heavy atom. The molecule has 0 saturated carbocycles. The van der Waals surface area contributed by atoms with Crippen molar-refractivity contribution in [3.8, 4) is 0 Å². The van der Waals surface area contributed by atoms with Gasteiger partial charge in [0.1, 0.15) is 17.7 Å². The number of benzene rings is 3. The van der Waals surface area contributed by atoms with Crippen LogP contribution >= 0.6 is 11.6 Å². The molecule has 0 aliphatic heterocycles. The van der Waals surface area contributed by atoms with Gasteiger partial charge in [0.25, 0.3) is 5.91 Å². The molecule has 3 aromatic rings. The van der Waals surface area contributed by atoms with Crippen molar-refractivity contribution in [2.75, 3.05) is 11.9 Å². The van der Waals surface area contributed by atoms with E-state index in [0.717, 1.165) is 16.7 Å². The SMILES string of the molecule is CCN(C(=O)C(Cc1ccccc1)NC(=O)OC(C)(C)C)C(C(=O)Nc1c(C)cccc1Cl)c1ccc(C)cc1. The normalized spacial score (nSPS) is 12.7. The number of nitrogens with one attached hydrogen (secondary N) is 2. The maximum absolute atomic E-state index is 14.2. The molecule has 0 heterocycles. The van der Waals surface area contributed by atoms with E-state index in [-0.39, 0.29) is 13.0 Å². The average Bonchev–Trinajstić information content (AvgIpc) is 2.89. The van der Waals surface area contributed by atoms with Crippen LogP contribution in [0, 0.1) is 13.8 Å². The molecule has 3 rings (SSSR count). The number of amides is 3. The van der Waals surface area contributed by atoms with Crippen LogP contribution in [0.5, 0.6) is 0 Å². The van der Waals surface area contributed by atoms with Crippen molar-refractivity contribution in [2.24, 2.45) is 0 Å². The number of rotatable bonds is 9. The first-order valence-corrected chi connectivity index (χ1v) is 13.7. The quantitative estimate of drug-likeness (QED) is 0.306. The fourth-order valence-corrected chi connectivity index (χ4v) is 4.64. The highest BCUT2D eigenvalue weighted by atomic mass is 35.5. The van der Waals surface area contributed by atoms with E-state index in [9.17, 15) is 14.4 Å². The molecular formula is C32H38ClN3O4. The smallest absolute Gasteiger partial charge is 0.408 e. The highest BCUT2D eigenvalue weighted by Crippen LogP contribution is 2.29. The summed E-state index contributed by atoms with van der Waals surface area (Å²) in [7, 11) is 0. The molecule has 0 fully saturated rings. The summed E-state index contributed by atoms with van der Waals surface area (Å²) in [6.45, 7) is 11.1. The number of hydrogen-bond acceptors (Lipinski definition) is 4. The summed E-state index contributed by atoms with van der Waals surface area (Å²) in [6, 6.07) is 20.3. The first kappa shape index (κ1) is 30.7. The number of nitrogens with zero attached hydrogens (tertiary/aromatic N) is 1. The lowest BCUT2D eigenvalue weighted by atomic mass is 9.99. The molecule has 212 valence electrons. The van der Waals surface area contributed by atoms with E-state index < -0.39 is 35.6 Å². The zero-order chi connectivity index (χ0) is 29.4. The Hall–Kier alpha value is -3.84. The van der Waals surface area contributed by atoms with Gasteiger partial charge in [-0.25, -0.2) is 4.79 Å². The maximum Gasteiger partial charge on any atom is 0.408 e. The van der Waals surface area contributed by atoms with Gasteiger partial charge in [0.2, 0.25) is 5.91 Å². The minimum atomic E-state index is -0.979. The first-order chi connectivity index (χ1) is 18.9. The molecule has 0 saturated heterocycles. The number of hydrogen-bond donors (Lipinski definition) is 2. The number of para-hydroxylation sites is 1. The lowest BCUT2D eigenvalue weighted by Gasteiger charge is -2.34. The van der Waals surface area contributed by atoms with Crippen molar-refractivity contribution in [3.05, 3.63) is 100 Å². The fraction of sp³-hybridized carbons (Fsp3) is 0.344. The molecule has 40 heavy (non-hydrogen) atoms. The molecule has 0 aromatic heterocycles. The van der Waals surface area contributed by atoms with Gasteiger partial charge in [0, 0.05) is 13.0 Å². The predicted octanol–water partition coefficient (Wildman–Crippen LogP) is 6.62. The second-order valence-corrected chi connectivity index (χ2v) is 11.2. The molecule has 2 unspecified atom stereocenters.